The Morgan fingerprint density at radius 2 is 2.13 bits per heavy atom. The van der Waals surface area contributed by atoms with Crippen LogP contribution >= 0.6 is 0 Å². The van der Waals surface area contributed by atoms with E-state index in [9.17, 15) is 4.79 Å². The van der Waals surface area contributed by atoms with E-state index in [-0.39, 0.29) is 18.0 Å². The van der Waals surface area contributed by atoms with E-state index in [2.05, 4.69) is 18.4 Å². The minimum Gasteiger partial charge on any atom is -0.462 e. The van der Waals surface area contributed by atoms with Crippen LogP contribution in [-0.4, -0.2) is 49.8 Å². The molecular formula is C19H29NO3. The minimum absolute atomic E-state index is 0.0411. The van der Waals surface area contributed by atoms with Gasteiger partial charge >= 0.3 is 5.97 Å². The van der Waals surface area contributed by atoms with Crippen LogP contribution in [-0.2, 0) is 14.3 Å². The zero-order chi connectivity index (χ0) is 16.0. The average Bonchev–Trinajstić information content (AvgIpc) is 2.81. The molecule has 0 spiro atoms. The van der Waals surface area contributed by atoms with Crippen molar-refractivity contribution in [2.24, 2.45) is 23.2 Å². The zero-order valence-corrected chi connectivity index (χ0v) is 14.3. The summed E-state index contributed by atoms with van der Waals surface area (Å²) in [5.41, 5.74) is 1.71. The van der Waals surface area contributed by atoms with E-state index < -0.39 is 0 Å². The molecule has 0 N–H and O–H groups in total. The van der Waals surface area contributed by atoms with Crippen molar-refractivity contribution in [1.82, 2.24) is 4.90 Å². The maximum atomic E-state index is 12.5. The highest BCUT2D eigenvalue weighted by molar-refractivity contribution is 5.75. The predicted octanol–water partition coefficient (Wildman–Crippen LogP) is 2.63. The number of carbonyl (C=O) groups excluding carboxylic acids is 1. The van der Waals surface area contributed by atoms with Crippen LogP contribution in [0.5, 0.6) is 0 Å². The van der Waals surface area contributed by atoms with Crippen molar-refractivity contribution in [3.05, 3.63) is 12.2 Å². The van der Waals surface area contributed by atoms with Crippen LogP contribution in [0.1, 0.15) is 39.0 Å². The van der Waals surface area contributed by atoms with Crippen molar-refractivity contribution in [3.8, 4) is 0 Å². The minimum atomic E-state index is 0.0411. The first-order valence-corrected chi connectivity index (χ1v) is 9.25. The van der Waals surface area contributed by atoms with E-state index in [1.807, 2.05) is 0 Å². The van der Waals surface area contributed by atoms with E-state index in [0.29, 0.717) is 17.3 Å². The molecule has 2 aliphatic carbocycles. The Kier molecular flexibility index (Phi) is 4.01. The molecule has 4 heteroatoms. The molecule has 2 saturated carbocycles. The number of ether oxygens (including phenoxy) is 2. The first-order valence-electron chi connectivity index (χ1n) is 9.25. The van der Waals surface area contributed by atoms with E-state index in [1.165, 1.54) is 24.8 Å². The lowest BCUT2D eigenvalue weighted by Gasteiger charge is -2.50. The Balaban J connectivity index is 1.50. The van der Waals surface area contributed by atoms with Gasteiger partial charge in [0.2, 0.25) is 0 Å². The molecule has 4 rings (SSSR count). The number of esters is 1. The molecule has 2 heterocycles. The summed E-state index contributed by atoms with van der Waals surface area (Å²) in [6.45, 7) is 11.1. The number of rotatable bonds is 2. The maximum absolute atomic E-state index is 12.5. The molecule has 0 amide bonds. The Morgan fingerprint density at radius 3 is 2.91 bits per heavy atom. The molecule has 0 radical (unpaired) electrons. The Labute approximate surface area is 139 Å². The second-order valence-corrected chi connectivity index (χ2v) is 8.32. The maximum Gasteiger partial charge on any atom is 0.310 e. The monoisotopic (exact) mass is 319 g/mol. The summed E-state index contributed by atoms with van der Waals surface area (Å²) in [6.07, 6.45) is 5.94. The summed E-state index contributed by atoms with van der Waals surface area (Å²) >= 11 is 0. The van der Waals surface area contributed by atoms with Crippen LogP contribution in [0.4, 0.5) is 0 Å². The van der Waals surface area contributed by atoms with Crippen molar-refractivity contribution in [3.63, 3.8) is 0 Å². The van der Waals surface area contributed by atoms with Gasteiger partial charge < -0.3 is 9.47 Å². The molecule has 0 aromatic heterocycles. The van der Waals surface area contributed by atoms with Crippen LogP contribution in [0.15, 0.2) is 12.2 Å². The summed E-state index contributed by atoms with van der Waals surface area (Å²) in [5, 5.41) is 0. The van der Waals surface area contributed by atoms with Crippen molar-refractivity contribution >= 4 is 5.97 Å². The normalized spacial score (nSPS) is 44.6. The number of allylic oxidation sites excluding steroid dienone is 1. The number of nitrogens with zero attached hydrogens (tertiary/aromatic N) is 1. The summed E-state index contributed by atoms with van der Waals surface area (Å²) in [5.74, 6) is 1.06. The third kappa shape index (κ3) is 2.74. The third-order valence-corrected chi connectivity index (χ3v) is 6.88. The fourth-order valence-corrected chi connectivity index (χ4v) is 5.53. The second-order valence-electron chi connectivity index (χ2n) is 8.32. The molecule has 0 aromatic rings. The third-order valence-electron chi connectivity index (χ3n) is 6.88. The van der Waals surface area contributed by atoms with Crippen LogP contribution < -0.4 is 0 Å². The van der Waals surface area contributed by atoms with E-state index >= 15 is 0 Å². The molecule has 5 atom stereocenters. The molecular weight excluding hydrogens is 290 g/mol. The van der Waals surface area contributed by atoms with Gasteiger partial charge in [0.25, 0.3) is 0 Å². The Morgan fingerprint density at radius 1 is 1.35 bits per heavy atom. The molecule has 0 bridgehead atoms. The van der Waals surface area contributed by atoms with E-state index in [1.54, 1.807) is 0 Å². The van der Waals surface area contributed by atoms with E-state index in [0.717, 1.165) is 45.7 Å². The highest BCUT2D eigenvalue weighted by Crippen LogP contribution is 2.56. The van der Waals surface area contributed by atoms with Gasteiger partial charge in [-0.25, -0.2) is 0 Å². The summed E-state index contributed by atoms with van der Waals surface area (Å²) < 4.78 is 11.3. The quantitative estimate of drug-likeness (QED) is 0.579. The summed E-state index contributed by atoms with van der Waals surface area (Å²) in [6, 6.07) is 0. The largest absolute Gasteiger partial charge is 0.462 e. The molecule has 2 saturated heterocycles. The lowest BCUT2D eigenvalue weighted by atomic mass is 9.55. The van der Waals surface area contributed by atoms with Gasteiger partial charge in [0, 0.05) is 25.6 Å². The second kappa shape index (κ2) is 5.89. The number of morpholine rings is 1. The fraction of sp³-hybridized carbons (Fsp3) is 0.842. The SMILES string of the molecule is C=C1CCC[C@]2(C)CC3OC(=O)C(CN4CCOCC4)C3C[C@@H]12. The van der Waals surface area contributed by atoms with Crippen molar-refractivity contribution in [1.29, 1.82) is 0 Å². The highest BCUT2D eigenvalue weighted by Gasteiger charge is 2.55. The number of carbonyl (C=O) groups is 1. The van der Waals surface area contributed by atoms with Gasteiger partial charge in [0.1, 0.15) is 6.10 Å². The molecule has 4 aliphatic rings. The first kappa shape index (κ1) is 15.6. The molecule has 4 nitrogen and oxygen atoms in total. The van der Waals surface area contributed by atoms with Crippen molar-refractivity contribution in [2.45, 2.75) is 45.1 Å². The van der Waals surface area contributed by atoms with Gasteiger partial charge in [-0.3, -0.25) is 9.69 Å². The smallest absolute Gasteiger partial charge is 0.310 e. The first-order chi connectivity index (χ1) is 11.1. The Bertz CT molecular complexity index is 499. The summed E-state index contributed by atoms with van der Waals surface area (Å²) in [7, 11) is 0. The van der Waals surface area contributed by atoms with Crippen LogP contribution in [0, 0.1) is 23.2 Å². The number of hydrogen-bond acceptors (Lipinski definition) is 4. The molecule has 2 aliphatic heterocycles. The summed E-state index contributed by atoms with van der Waals surface area (Å²) in [4.78, 5) is 14.9. The lowest BCUT2D eigenvalue weighted by molar-refractivity contribution is -0.146. The fourth-order valence-electron chi connectivity index (χ4n) is 5.53. The zero-order valence-electron chi connectivity index (χ0n) is 14.3. The molecule has 4 fully saturated rings. The Hall–Kier alpha value is -0.870. The lowest BCUT2D eigenvalue weighted by Crippen LogP contribution is -2.46. The predicted molar refractivity (Wildman–Crippen MR) is 87.9 cm³/mol. The highest BCUT2D eigenvalue weighted by atomic mass is 16.6. The number of fused-ring (bicyclic) bond motifs is 2. The van der Waals surface area contributed by atoms with Crippen LogP contribution in [0.2, 0.25) is 0 Å². The number of hydrogen-bond donors (Lipinski definition) is 0. The molecule has 0 aromatic carbocycles. The van der Waals surface area contributed by atoms with Gasteiger partial charge in [-0.1, -0.05) is 19.1 Å². The van der Waals surface area contributed by atoms with Gasteiger partial charge in [0.15, 0.2) is 0 Å². The topological polar surface area (TPSA) is 38.8 Å². The standard InChI is InChI=1S/C19H29NO3/c1-13-4-3-5-19(2)11-17-14(10-16(13)19)15(18(21)23-17)12-20-6-8-22-9-7-20/h14-17H,1,3-12H2,2H3/t14?,15?,16-,17?,19+/m0/s1. The van der Waals surface area contributed by atoms with E-state index in [4.69, 9.17) is 9.47 Å². The van der Waals surface area contributed by atoms with Gasteiger partial charge in [-0.05, 0) is 43.4 Å². The molecule has 128 valence electrons. The van der Waals surface area contributed by atoms with Crippen molar-refractivity contribution in [2.75, 3.05) is 32.8 Å². The average molecular weight is 319 g/mol. The molecule has 23 heavy (non-hydrogen) atoms. The molecule has 3 unspecified atom stereocenters. The van der Waals surface area contributed by atoms with Gasteiger partial charge in [-0.15, -0.1) is 0 Å². The van der Waals surface area contributed by atoms with Crippen LogP contribution in [0.3, 0.4) is 0 Å². The van der Waals surface area contributed by atoms with Crippen LogP contribution in [0.25, 0.3) is 0 Å². The van der Waals surface area contributed by atoms with Gasteiger partial charge in [0.05, 0.1) is 19.1 Å². The van der Waals surface area contributed by atoms with Gasteiger partial charge in [-0.2, -0.15) is 0 Å². The van der Waals surface area contributed by atoms with Crippen molar-refractivity contribution < 1.29 is 14.3 Å².